The minimum atomic E-state index is -3.30. The minimum Gasteiger partial charge on any atom is -0.320 e. The molecule has 0 atom stereocenters. The molecule has 0 aliphatic heterocycles. The van der Waals surface area contributed by atoms with Crippen LogP contribution >= 0.6 is 0 Å². The molecule has 0 bridgehead atoms. The van der Waals surface area contributed by atoms with Crippen molar-refractivity contribution in [2.75, 3.05) is 12.8 Å². The first kappa shape index (κ1) is 13.4. The standard InChI is InChI=1S/C12H14N2O4S/c1-3-13-12(15)18-14-7-6-9-4-5-10(8-11(9)14)19(2,16)17/h4-8H,3H2,1-2H3,(H,13,15). The van der Waals surface area contributed by atoms with Crippen molar-refractivity contribution >= 4 is 26.8 Å². The molecule has 2 rings (SSSR count). The average molecular weight is 282 g/mol. The summed E-state index contributed by atoms with van der Waals surface area (Å²) in [5.41, 5.74) is 0.522. The van der Waals surface area contributed by atoms with Crippen molar-refractivity contribution in [2.45, 2.75) is 11.8 Å². The fourth-order valence-electron chi connectivity index (χ4n) is 1.66. The van der Waals surface area contributed by atoms with Gasteiger partial charge in [-0.3, -0.25) is 0 Å². The highest BCUT2D eigenvalue weighted by molar-refractivity contribution is 7.90. The molecule has 1 N–H and O–H groups in total. The maximum Gasteiger partial charge on any atom is 0.431 e. The van der Waals surface area contributed by atoms with E-state index in [0.29, 0.717) is 12.1 Å². The fraction of sp³-hybridized carbons (Fsp3) is 0.250. The van der Waals surface area contributed by atoms with Gasteiger partial charge in [0.25, 0.3) is 0 Å². The summed E-state index contributed by atoms with van der Waals surface area (Å²) < 4.78 is 24.3. The largest absolute Gasteiger partial charge is 0.431 e. The molecule has 0 aliphatic rings. The van der Waals surface area contributed by atoms with E-state index in [9.17, 15) is 13.2 Å². The van der Waals surface area contributed by atoms with Crippen LogP contribution in [-0.2, 0) is 9.84 Å². The second kappa shape index (κ2) is 4.93. The summed E-state index contributed by atoms with van der Waals surface area (Å²) in [6.45, 7) is 2.23. The van der Waals surface area contributed by atoms with Crippen LogP contribution in [0.4, 0.5) is 4.79 Å². The Labute approximate surface area is 110 Å². The van der Waals surface area contributed by atoms with E-state index >= 15 is 0 Å². The molecule has 0 radical (unpaired) electrons. The summed E-state index contributed by atoms with van der Waals surface area (Å²) in [5, 5.41) is 3.28. The lowest BCUT2D eigenvalue weighted by atomic mass is 10.2. The molecule has 6 nitrogen and oxygen atoms in total. The number of amides is 1. The summed E-state index contributed by atoms with van der Waals surface area (Å²) in [5.74, 6) is 0. The second-order valence-corrected chi connectivity index (χ2v) is 6.06. The van der Waals surface area contributed by atoms with E-state index in [1.807, 2.05) is 0 Å². The van der Waals surface area contributed by atoms with Crippen molar-refractivity contribution in [3.63, 3.8) is 0 Å². The molecule has 102 valence electrons. The highest BCUT2D eigenvalue weighted by atomic mass is 32.2. The summed E-state index contributed by atoms with van der Waals surface area (Å²) >= 11 is 0. The monoisotopic (exact) mass is 282 g/mol. The first-order valence-corrected chi connectivity index (χ1v) is 7.58. The van der Waals surface area contributed by atoms with Crippen LogP contribution in [-0.4, -0.2) is 32.0 Å². The molecule has 7 heteroatoms. The highest BCUT2D eigenvalue weighted by Crippen LogP contribution is 2.19. The van der Waals surface area contributed by atoms with Crippen molar-refractivity contribution in [1.29, 1.82) is 0 Å². The molecular formula is C12H14N2O4S. The maximum atomic E-state index is 11.5. The summed E-state index contributed by atoms with van der Waals surface area (Å²) in [6.07, 6.45) is 2.10. The predicted molar refractivity (Wildman–Crippen MR) is 70.7 cm³/mol. The van der Waals surface area contributed by atoms with Crippen LogP contribution in [0.3, 0.4) is 0 Å². The number of hydrogen-bond donors (Lipinski definition) is 1. The number of nitrogens with zero attached hydrogens (tertiary/aromatic N) is 1. The third-order valence-electron chi connectivity index (χ3n) is 2.56. The van der Waals surface area contributed by atoms with Gasteiger partial charge in [0.1, 0.15) is 0 Å². The minimum absolute atomic E-state index is 0.180. The van der Waals surface area contributed by atoms with E-state index in [-0.39, 0.29) is 4.90 Å². The van der Waals surface area contributed by atoms with E-state index < -0.39 is 15.9 Å². The van der Waals surface area contributed by atoms with Gasteiger partial charge in [-0.1, -0.05) is 6.07 Å². The van der Waals surface area contributed by atoms with E-state index in [4.69, 9.17) is 4.84 Å². The molecule has 0 saturated heterocycles. The van der Waals surface area contributed by atoms with Gasteiger partial charge >= 0.3 is 6.09 Å². The van der Waals surface area contributed by atoms with Gasteiger partial charge in [0.05, 0.1) is 10.4 Å². The smallest absolute Gasteiger partial charge is 0.320 e. The van der Waals surface area contributed by atoms with Gasteiger partial charge in [0.2, 0.25) is 0 Å². The van der Waals surface area contributed by atoms with E-state index in [1.54, 1.807) is 25.3 Å². The van der Waals surface area contributed by atoms with Gasteiger partial charge in [-0.15, -0.1) is 0 Å². The molecule has 1 aromatic carbocycles. The topological polar surface area (TPSA) is 77.4 Å². The van der Waals surface area contributed by atoms with Crippen molar-refractivity contribution in [1.82, 2.24) is 10.0 Å². The normalized spacial score (nSPS) is 11.5. The average Bonchev–Trinajstić information content (AvgIpc) is 2.71. The molecule has 1 aromatic heterocycles. The number of rotatable bonds is 3. The number of hydrogen-bond acceptors (Lipinski definition) is 4. The van der Waals surface area contributed by atoms with Gasteiger partial charge in [-0.2, -0.15) is 4.73 Å². The van der Waals surface area contributed by atoms with Crippen molar-refractivity contribution in [3.05, 3.63) is 30.5 Å². The Morgan fingerprint density at radius 2 is 2.11 bits per heavy atom. The maximum absolute atomic E-state index is 11.5. The molecule has 19 heavy (non-hydrogen) atoms. The lowest BCUT2D eigenvalue weighted by Gasteiger charge is -2.07. The Hall–Kier alpha value is -2.02. The second-order valence-electron chi connectivity index (χ2n) is 4.04. The molecule has 0 saturated carbocycles. The van der Waals surface area contributed by atoms with Gasteiger partial charge in [-0.25, -0.2) is 13.2 Å². The molecule has 1 heterocycles. The SMILES string of the molecule is CCNC(=O)On1ccc2ccc(S(C)(=O)=O)cc21. The van der Waals surface area contributed by atoms with Gasteiger partial charge in [0, 0.05) is 24.4 Å². The van der Waals surface area contributed by atoms with Gasteiger partial charge in [-0.05, 0) is 25.1 Å². The zero-order valence-corrected chi connectivity index (χ0v) is 11.4. The number of aromatic nitrogens is 1. The molecule has 0 unspecified atom stereocenters. The van der Waals surface area contributed by atoms with Crippen molar-refractivity contribution < 1.29 is 18.0 Å². The van der Waals surface area contributed by atoms with Crippen LogP contribution in [0.2, 0.25) is 0 Å². The highest BCUT2D eigenvalue weighted by Gasteiger charge is 2.11. The van der Waals surface area contributed by atoms with Crippen LogP contribution in [0.25, 0.3) is 10.9 Å². The van der Waals surface area contributed by atoms with E-state index in [0.717, 1.165) is 11.6 Å². The molecule has 2 aromatic rings. The third kappa shape index (κ3) is 2.87. The van der Waals surface area contributed by atoms with Gasteiger partial charge < -0.3 is 10.2 Å². The van der Waals surface area contributed by atoms with Gasteiger partial charge in [0.15, 0.2) is 9.84 Å². The Morgan fingerprint density at radius 3 is 2.74 bits per heavy atom. The van der Waals surface area contributed by atoms with E-state index in [1.165, 1.54) is 16.9 Å². The van der Waals surface area contributed by atoms with Crippen LogP contribution in [0, 0.1) is 0 Å². The van der Waals surface area contributed by atoms with Crippen LogP contribution in [0.15, 0.2) is 35.4 Å². The zero-order valence-electron chi connectivity index (χ0n) is 10.6. The zero-order chi connectivity index (χ0) is 14.0. The quantitative estimate of drug-likeness (QED) is 0.917. The predicted octanol–water partition coefficient (Wildman–Crippen LogP) is 1.20. The molecule has 0 fully saturated rings. The molecule has 1 amide bonds. The van der Waals surface area contributed by atoms with Crippen molar-refractivity contribution in [3.8, 4) is 0 Å². The number of sulfone groups is 1. The van der Waals surface area contributed by atoms with Crippen LogP contribution < -0.4 is 10.2 Å². The number of nitrogens with one attached hydrogen (secondary N) is 1. The van der Waals surface area contributed by atoms with Crippen LogP contribution in [0.5, 0.6) is 0 Å². The Balaban J connectivity index is 2.43. The number of benzene rings is 1. The molecule has 0 aliphatic carbocycles. The first-order valence-electron chi connectivity index (χ1n) is 5.69. The molecular weight excluding hydrogens is 268 g/mol. The Morgan fingerprint density at radius 1 is 1.37 bits per heavy atom. The first-order chi connectivity index (χ1) is 8.91. The Bertz CT molecular complexity index is 718. The number of fused-ring (bicyclic) bond motifs is 1. The lowest BCUT2D eigenvalue weighted by molar-refractivity contribution is 0.139. The van der Waals surface area contributed by atoms with Crippen molar-refractivity contribution in [2.24, 2.45) is 0 Å². The summed E-state index contributed by atoms with van der Waals surface area (Å²) in [7, 11) is -3.30. The summed E-state index contributed by atoms with van der Waals surface area (Å²) in [6, 6.07) is 6.40. The lowest BCUT2D eigenvalue weighted by Crippen LogP contribution is -2.31. The third-order valence-corrected chi connectivity index (χ3v) is 3.67. The number of carbonyl (C=O) groups excluding carboxylic acids is 1. The summed E-state index contributed by atoms with van der Waals surface area (Å²) in [4.78, 5) is 16.6. The van der Waals surface area contributed by atoms with E-state index in [2.05, 4.69) is 5.32 Å². The molecule has 0 spiro atoms. The van der Waals surface area contributed by atoms with Crippen LogP contribution in [0.1, 0.15) is 6.92 Å². The fourth-order valence-corrected chi connectivity index (χ4v) is 2.30. The number of carbonyl (C=O) groups is 1. The Kier molecular flexibility index (Phi) is 3.48.